The van der Waals surface area contributed by atoms with Crippen LogP contribution in [0.2, 0.25) is 0 Å². The first kappa shape index (κ1) is 19.2. The second-order valence-electron chi connectivity index (χ2n) is 5.88. The molecule has 1 aliphatic heterocycles. The Bertz CT molecular complexity index is 979. The van der Waals surface area contributed by atoms with E-state index in [0.29, 0.717) is 27.8 Å². The number of hydrogen-bond donors (Lipinski definition) is 2. The second-order valence-corrected chi connectivity index (χ2v) is 7.82. The number of carbonyl (C=O) groups excluding carboxylic acids is 1. The lowest BCUT2D eigenvalue weighted by atomic mass is 9.81. The van der Waals surface area contributed by atoms with Gasteiger partial charge in [0.05, 0.1) is 18.2 Å². The average Bonchev–Trinajstić information content (AvgIpc) is 3.31. The topological polar surface area (TPSA) is 111 Å². The van der Waals surface area contributed by atoms with Gasteiger partial charge in [-0.15, -0.1) is 11.3 Å². The van der Waals surface area contributed by atoms with Crippen LogP contribution in [0.4, 0.5) is 0 Å². The molecule has 0 fully saturated rings. The third-order valence-corrected chi connectivity index (χ3v) is 6.12. The number of thioether (sulfide) groups is 1. The number of H-pyrrole nitrogens is 2. The second kappa shape index (κ2) is 8.41. The molecule has 2 N–H and O–H groups in total. The number of esters is 1. The van der Waals surface area contributed by atoms with Crippen molar-refractivity contribution in [2.45, 2.75) is 25.5 Å². The van der Waals surface area contributed by atoms with Crippen LogP contribution < -0.4 is 5.56 Å². The summed E-state index contributed by atoms with van der Waals surface area (Å²) in [5.74, 6) is -0.949. The van der Waals surface area contributed by atoms with Crippen molar-refractivity contribution < 1.29 is 9.53 Å². The Kier molecular flexibility index (Phi) is 5.98. The van der Waals surface area contributed by atoms with E-state index in [0.717, 1.165) is 4.88 Å². The molecule has 0 aliphatic carbocycles. The normalized spacial score (nSPS) is 19.5. The van der Waals surface area contributed by atoms with Crippen molar-refractivity contribution in [3.63, 3.8) is 0 Å². The van der Waals surface area contributed by atoms with E-state index >= 15 is 0 Å². The highest BCUT2D eigenvalue weighted by atomic mass is 32.2. The number of nitriles is 1. The van der Waals surface area contributed by atoms with Gasteiger partial charge in [-0.3, -0.25) is 14.7 Å². The first-order valence-corrected chi connectivity index (χ1v) is 10.2. The highest BCUT2D eigenvalue weighted by Crippen LogP contribution is 2.44. The summed E-state index contributed by atoms with van der Waals surface area (Å²) in [5, 5.41) is 17.6. The standard InChI is InChI=1S/C18H18N4O3S2/c1-3-25-18(24)15-10(2)20-17(27-9-11-7-14(23)22-21-11)12(8-19)16(15)13-5-4-6-26-13/h4-7,15-16H,3,9H2,1-2H3,(H2,21,22,23)/t15?,16-/m0/s1. The molecule has 3 rings (SSSR count). The van der Waals surface area contributed by atoms with Crippen molar-refractivity contribution in [3.8, 4) is 6.07 Å². The highest BCUT2D eigenvalue weighted by Gasteiger charge is 2.40. The minimum Gasteiger partial charge on any atom is -0.465 e. The van der Waals surface area contributed by atoms with E-state index in [1.807, 2.05) is 17.5 Å². The lowest BCUT2D eigenvalue weighted by Gasteiger charge is -2.29. The van der Waals surface area contributed by atoms with Gasteiger partial charge < -0.3 is 9.84 Å². The van der Waals surface area contributed by atoms with Gasteiger partial charge in [-0.1, -0.05) is 17.8 Å². The molecule has 2 aromatic heterocycles. The number of aromatic nitrogens is 2. The Morgan fingerprint density at radius 3 is 2.89 bits per heavy atom. The van der Waals surface area contributed by atoms with Crippen molar-refractivity contribution in [1.29, 1.82) is 5.26 Å². The van der Waals surface area contributed by atoms with Gasteiger partial charge in [-0.05, 0) is 25.3 Å². The van der Waals surface area contributed by atoms with Gasteiger partial charge >= 0.3 is 5.97 Å². The fourth-order valence-electron chi connectivity index (χ4n) is 2.97. The molecular formula is C18H18N4O3S2. The number of nitrogens with one attached hydrogen (secondary N) is 2. The summed E-state index contributed by atoms with van der Waals surface area (Å²) >= 11 is 2.86. The Balaban J connectivity index is 1.98. The minimum atomic E-state index is -0.616. The number of nitrogens with zero attached hydrogens (tertiary/aromatic N) is 2. The molecule has 0 radical (unpaired) electrons. The Morgan fingerprint density at radius 1 is 1.48 bits per heavy atom. The summed E-state index contributed by atoms with van der Waals surface area (Å²) in [5.41, 5.74) is 1.57. The fraction of sp³-hybridized carbons (Fsp3) is 0.333. The maximum atomic E-state index is 12.6. The zero-order chi connectivity index (χ0) is 19.4. The molecule has 0 amide bonds. The fourth-order valence-corrected chi connectivity index (χ4v) is 4.82. The zero-order valence-electron chi connectivity index (χ0n) is 14.8. The molecule has 0 saturated heterocycles. The van der Waals surface area contributed by atoms with Gasteiger partial charge in [0.15, 0.2) is 0 Å². The van der Waals surface area contributed by atoms with E-state index in [1.165, 1.54) is 29.2 Å². The third-order valence-electron chi connectivity index (χ3n) is 4.13. The van der Waals surface area contributed by atoms with Crippen LogP contribution in [0.15, 0.2) is 44.0 Å². The minimum absolute atomic E-state index is 0.206. The number of carbonyl (C=O) groups is 1. The molecule has 0 spiro atoms. The van der Waals surface area contributed by atoms with E-state index in [9.17, 15) is 14.9 Å². The van der Waals surface area contributed by atoms with Crippen molar-refractivity contribution >= 4 is 34.8 Å². The molecular weight excluding hydrogens is 384 g/mol. The van der Waals surface area contributed by atoms with E-state index in [2.05, 4.69) is 21.3 Å². The molecule has 2 atom stereocenters. The van der Waals surface area contributed by atoms with Crippen LogP contribution >= 0.6 is 23.1 Å². The Hall–Kier alpha value is -2.57. The number of hydrogen-bond acceptors (Lipinski definition) is 7. The first-order chi connectivity index (χ1) is 13.0. The zero-order valence-corrected chi connectivity index (χ0v) is 16.4. The van der Waals surface area contributed by atoms with Crippen LogP contribution in [0.5, 0.6) is 0 Å². The van der Waals surface area contributed by atoms with Gasteiger partial charge in [0.1, 0.15) is 10.9 Å². The monoisotopic (exact) mass is 402 g/mol. The van der Waals surface area contributed by atoms with Crippen LogP contribution in [0.1, 0.15) is 30.3 Å². The van der Waals surface area contributed by atoms with E-state index in [4.69, 9.17) is 4.74 Å². The molecule has 2 aromatic rings. The molecule has 7 nitrogen and oxygen atoms in total. The van der Waals surface area contributed by atoms with Crippen molar-refractivity contribution in [2.75, 3.05) is 6.61 Å². The molecule has 140 valence electrons. The number of aliphatic imine (C=N–C) groups is 1. The van der Waals surface area contributed by atoms with Gasteiger partial charge in [-0.25, -0.2) is 4.99 Å². The molecule has 0 bridgehead atoms. The molecule has 1 unspecified atom stereocenters. The molecule has 9 heteroatoms. The first-order valence-electron chi connectivity index (χ1n) is 8.34. The predicted molar refractivity (Wildman–Crippen MR) is 106 cm³/mol. The number of thiophene rings is 1. The number of allylic oxidation sites excluding steroid dienone is 1. The summed E-state index contributed by atoms with van der Waals surface area (Å²) in [6.07, 6.45) is 0. The molecule has 27 heavy (non-hydrogen) atoms. The summed E-state index contributed by atoms with van der Waals surface area (Å²) in [7, 11) is 0. The van der Waals surface area contributed by atoms with Gasteiger partial charge in [0.2, 0.25) is 0 Å². The Morgan fingerprint density at radius 2 is 2.30 bits per heavy atom. The maximum Gasteiger partial charge on any atom is 0.315 e. The van der Waals surface area contributed by atoms with Crippen molar-refractivity contribution in [1.82, 2.24) is 10.2 Å². The maximum absolute atomic E-state index is 12.6. The largest absolute Gasteiger partial charge is 0.465 e. The van der Waals surface area contributed by atoms with Crippen molar-refractivity contribution in [3.05, 3.63) is 55.1 Å². The molecule has 1 aliphatic rings. The van der Waals surface area contributed by atoms with Gasteiger partial charge in [0, 0.05) is 34.0 Å². The number of ether oxygens (including phenoxy) is 1. The summed E-state index contributed by atoms with van der Waals surface area (Å²) in [6, 6.07) is 7.54. The van der Waals surface area contributed by atoms with Crippen molar-refractivity contribution in [2.24, 2.45) is 10.9 Å². The summed E-state index contributed by atoms with van der Waals surface area (Å²) in [4.78, 5) is 29.3. The summed E-state index contributed by atoms with van der Waals surface area (Å²) in [6.45, 7) is 3.82. The van der Waals surface area contributed by atoms with E-state index < -0.39 is 11.8 Å². The lowest BCUT2D eigenvalue weighted by Crippen LogP contribution is -2.33. The predicted octanol–water partition coefficient (Wildman–Crippen LogP) is 3.17. The quantitative estimate of drug-likeness (QED) is 0.721. The highest BCUT2D eigenvalue weighted by molar-refractivity contribution is 8.02. The number of rotatable bonds is 6. The SMILES string of the molecule is CCOC(=O)C1C(C)=NC(SCc2cc(=O)[nH][nH]2)=C(C#N)[C@H]1c1cccs1. The van der Waals surface area contributed by atoms with Crippen LogP contribution in [-0.4, -0.2) is 28.5 Å². The van der Waals surface area contributed by atoms with Crippen LogP contribution in [0.25, 0.3) is 0 Å². The van der Waals surface area contributed by atoms with Crippen LogP contribution in [-0.2, 0) is 15.3 Å². The smallest absolute Gasteiger partial charge is 0.315 e. The lowest BCUT2D eigenvalue weighted by molar-refractivity contribution is -0.145. The summed E-state index contributed by atoms with van der Waals surface area (Å²) < 4.78 is 5.24. The van der Waals surface area contributed by atoms with Gasteiger partial charge in [-0.2, -0.15) is 5.26 Å². The van der Waals surface area contributed by atoms with Crippen LogP contribution in [0, 0.1) is 17.2 Å². The van der Waals surface area contributed by atoms with Crippen LogP contribution in [0.3, 0.4) is 0 Å². The van der Waals surface area contributed by atoms with Gasteiger partial charge in [0.25, 0.3) is 5.56 Å². The Labute approximate surface area is 164 Å². The van der Waals surface area contributed by atoms with E-state index in [1.54, 1.807) is 13.8 Å². The molecule has 0 aromatic carbocycles. The third kappa shape index (κ3) is 4.07. The number of aromatic amines is 2. The average molecular weight is 403 g/mol. The molecule has 3 heterocycles. The van der Waals surface area contributed by atoms with E-state index in [-0.39, 0.29) is 18.1 Å². The molecule has 0 saturated carbocycles.